The third kappa shape index (κ3) is 5.26. The molecule has 0 fully saturated rings. The Morgan fingerprint density at radius 2 is 1.76 bits per heavy atom. The van der Waals surface area contributed by atoms with Crippen molar-refractivity contribution in [1.82, 2.24) is 14.5 Å². The molecule has 1 aromatic heterocycles. The highest BCUT2D eigenvalue weighted by molar-refractivity contribution is 7.89. The van der Waals surface area contributed by atoms with Gasteiger partial charge in [-0.3, -0.25) is 10.1 Å². The lowest BCUT2D eigenvalue weighted by molar-refractivity contribution is 0.102. The number of hydrogen-bond donors (Lipinski definition) is 1. The maximum absolute atomic E-state index is 12.8. The van der Waals surface area contributed by atoms with Gasteiger partial charge >= 0.3 is 0 Å². The van der Waals surface area contributed by atoms with Gasteiger partial charge in [-0.15, -0.1) is 10.2 Å². The molecule has 152 valence electrons. The molecule has 0 atom stereocenters. The minimum atomic E-state index is -3.66. The number of aromatic nitrogens is 2. The lowest BCUT2D eigenvalue weighted by atomic mass is 10.2. The van der Waals surface area contributed by atoms with Gasteiger partial charge in [0.25, 0.3) is 5.91 Å². The standard InChI is InChI=1S/C20H22N4O3S2/c1-3-7-18-22-23-20(28-18)21-19(25)16-10-12-17(13-11-16)29(26,27)24(2)14-15-8-5-4-6-9-15/h4-6,8-13H,3,7,14H2,1-2H3,(H,21,23,25). The van der Waals surface area contributed by atoms with Crippen molar-refractivity contribution in [2.45, 2.75) is 31.2 Å². The summed E-state index contributed by atoms with van der Waals surface area (Å²) in [6.07, 6.45) is 1.77. The molecule has 3 aromatic rings. The Morgan fingerprint density at radius 3 is 2.41 bits per heavy atom. The lowest BCUT2D eigenvalue weighted by Crippen LogP contribution is -2.26. The molecule has 9 heteroatoms. The summed E-state index contributed by atoms with van der Waals surface area (Å²) >= 11 is 1.34. The fourth-order valence-electron chi connectivity index (χ4n) is 2.67. The van der Waals surface area contributed by atoms with Gasteiger partial charge in [-0.1, -0.05) is 48.6 Å². The molecule has 0 aliphatic heterocycles. The number of hydrogen-bond acceptors (Lipinski definition) is 6. The monoisotopic (exact) mass is 430 g/mol. The number of rotatable bonds is 8. The van der Waals surface area contributed by atoms with Crippen molar-refractivity contribution in [3.8, 4) is 0 Å². The summed E-state index contributed by atoms with van der Waals surface area (Å²) in [7, 11) is -2.13. The minimum absolute atomic E-state index is 0.133. The van der Waals surface area contributed by atoms with E-state index in [1.54, 1.807) is 0 Å². The van der Waals surface area contributed by atoms with E-state index in [2.05, 4.69) is 15.5 Å². The molecule has 0 aliphatic rings. The summed E-state index contributed by atoms with van der Waals surface area (Å²) in [4.78, 5) is 12.5. The fraction of sp³-hybridized carbons (Fsp3) is 0.250. The molecule has 0 unspecified atom stereocenters. The van der Waals surface area contributed by atoms with Crippen LogP contribution in [0.1, 0.15) is 34.3 Å². The highest BCUT2D eigenvalue weighted by Crippen LogP contribution is 2.20. The second-order valence-electron chi connectivity index (χ2n) is 6.48. The topological polar surface area (TPSA) is 92.3 Å². The molecule has 2 aromatic carbocycles. The predicted octanol–water partition coefficient (Wildman–Crippen LogP) is 3.56. The van der Waals surface area contributed by atoms with Gasteiger partial charge in [0.15, 0.2) is 0 Å². The van der Waals surface area contributed by atoms with Crippen LogP contribution >= 0.6 is 11.3 Å². The highest BCUT2D eigenvalue weighted by atomic mass is 32.2. The summed E-state index contributed by atoms with van der Waals surface area (Å²) in [5.41, 5.74) is 1.25. The van der Waals surface area contributed by atoms with Crippen molar-refractivity contribution in [3.05, 3.63) is 70.7 Å². The van der Waals surface area contributed by atoms with Crippen LogP contribution in [0.25, 0.3) is 0 Å². The van der Waals surface area contributed by atoms with E-state index in [-0.39, 0.29) is 17.3 Å². The van der Waals surface area contributed by atoms with Gasteiger partial charge in [-0.2, -0.15) is 4.31 Å². The Balaban J connectivity index is 1.68. The third-order valence-electron chi connectivity index (χ3n) is 4.22. The highest BCUT2D eigenvalue weighted by Gasteiger charge is 2.21. The van der Waals surface area contributed by atoms with Gasteiger partial charge in [0, 0.05) is 25.6 Å². The van der Waals surface area contributed by atoms with Crippen LogP contribution in [0.2, 0.25) is 0 Å². The lowest BCUT2D eigenvalue weighted by Gasteiger charge is -2.17. The second-order valence-corrected chi connectivity index (χ2v) is 9.58. The first-order valence-corrected chi connectivity index (χ1v) is 11.4. The Hall–Kier alpha value is -2.62. The fourth-order valence-corrected chi connectivity index (χ4v) is 4.67. The Morgan fingerprint density at radius 1 is 1.07 bits per heavy atom. The van der Waals surface area contributed by atoms with Crippen LogP contribution in [-0.4, -0.2) is 35.9 Å². The molecule has 0 saturated heterocycles. The smallest absolute Gasteiger partial charge is 0.257 e. The Labute approximate surface area is 174 Å². The van der Waals surface area contributed by atoms with Gasteiger partial charge in [0.2, 0.25) is 15.2 Å². The van der Waals surface area contributed by atoms with Crippen LogP contribution in [0.5, 0.6) is 0 Å². The summed E-state index contributed by atoms with van der Waals surface area (Å²) in [5.74, 6) is -0.356. The molecule has 1 heterocycles. The van der Waals surface area contributed by atoms with E-state index in [4.69, 9.17) is 0 Å². The minimum Gasteiger partial charge on any atom is -0.296 e. The summed E-state index contributed by atoms with van der Waals surface area (Å²) in [6, 6.07) is 15.2. The number of carbonyl (C=O) groups excluding carboxylic acids is 1. The quantitative estimate of drug-likeness (QED) is 0.590. The second kappa shape index (κ2) is 9.25. The van der Waals surface area contributed by atoms with Gasteiger partial charge in [-0.25, -0.2) is 8.42 Å². The number of anilines is 1. The first-order chi connectivity index (χ1) is 13.9. The van der Waals surface area contributed by atoms with E-state index in [1.807, 2.05) is 37.3 Å². The average molecular weight is 431 g/mol. The predicted molar refractivity (Wildman–Crippen MR) is 113 cm³/mol. The molecule has 0 radical (unpaired) electrons. The SMILES string of the molecule is CCCc1nnc(NC(=O)c2ccc(S(=O)(=O)N(C)Cc3ccccc3)cc2)s1. The van der Waals surface area contributed by atoms with E-state index in [0.29, 0.717) is 10.7 Å². The van der Waals surface area contributed by atoms with Crippen molar-refractivity contribution >= 4 is 32.4 Å². The Kier molecular flexibility index (Phi) is 6.73. The van der Waals surface area contributed by atoms with Crippen molar-refractivity contribution in [1.29, 1.82) is 0 Å². The van der Waals surface area contributed by atoms with Crippen LogP contribution in [-0.2, 0) is 23.0 Å². The maximum atomic E-state index is 12.8. The van der Waals surface area contributed by atoms with Crippen molar-refractivity contribution in [2.24, 2.45) is 0 Å². The first kappa shape index (κ1) is 21.1. The molecule has 29 heavy (non-hydrogen) atoms. The van der Waals surface area contributed by atoms with Gasteiger partial charge in [-0.05, 0) is 36.2 Å². The molecule has 0 spiro atoms. The number of aryl methyl sites for hydroxylation is 1. The van der Waals surface area contributed by atoms with Crippen LogP contribution in [0, 0.1) is 0 Å². The van der Waals surface area contributed by atoms with Crippen molar-refractivity contribution in [3.63, 3.8) is 0 Å². The third-order valence-corrected chi connectivity index (χ3v) is 6.94. The van der Waals surface area contributed by atoms with Crippen molar-refractivity contribution < 1.29 is 13.2 Å². The number of nitrogens with zero attached hydrogens (tertiary/aromatic N) is 3. The number of sulfonamides is 1. The zero-order valence-corrected chi connectivity index (χ0v) is 17.8. The largest absolute Gasteiger partial charge is 0.296 e. The van der Waals surface area contributed by atoms with Crippen LogP contribution < -0.4 is 5.32 Å². The van der Waals surface area contributed by atoms with E-state index < -0.39 is 10.0 Å². The van der Waals surface area contributed by atoms with E-state index in [1.165, 1.54) is 47.0 Å². The van der Waals surface area contributed by atoms with Gasteiger partial charge in [0.1, 0.15) is 5.01 Å². The van der Waals surface area contributed by atoms with E-state index >= 15 is 0 Å². The van der Waals surface area contributed by atoms with Crippen molar-refractivity contribution in [2.75, 3.05) is 12.4 Å². The maximum Gasteiger partial charge on any atom is 0.257 e. The van der Waals surface area contributed by atoms with Crippen LogP contribution in [0.4, 0.5) is 5.13 Å². The molecule has 0 bridgehead atoms. The van der Waals surface area contributed by atoms with Crippen LogP contribution in [0.15, 0.2) is 59.5 Å². The summed E-state index contributed by atoms with van der Waals surface area (Å²) in [6.45, 7) is 2.31. The van der Waals surface area contributed by atoms with Crippen LogP contribution in [0.3, 0.4) is 0 Å². The summed E-state index contributed by atoms with van der Waals surface area (Å²) in [5, 5.41) is 12.0. The molecule has 1 amide bonds. The van der Waals surface area contributed by atoms with E-state index in [9.17, 15) is 13.2 Å². The number of nitrogens with one attached hydrogen (secondary N) is 1. The molecule has 3 rings (SSSR count). The molecular weight excluding hydrogens is 408 g/mol. The van der Waals surface area contributed by atoms with E-state index in [0.717, 1.165) is 23.4 Å². The molecule has 1 N–H and O–H groups in total. The first-order valence-electron chi connectivity index (χ1n) is 9.14. The molecular formula is C20H22N4O3S2. The molecule has 0 aliphatic carbocycles. The number of amides is 1. The molecule has 7 nitrogen and oxygen atoms in total. The Bertz CT molecular complexity index is 1060. The number of benzene rings is 2. The average Bonchev–Trinajstić information content (AvgIpc) is 3.16. The summed E-state index contributed by atoms with van der Waals surface area (Å²) < 4.78 is 26.8. The zero-order chi connectivity index (χ0) is 20.9. The van der Waals surface area contributed by atoms with Gasteiger partial charge < -0.3 is 0 Å². The number of carbonyl (C=O) groups is 1. The zero-order valence-electron chi connectivity index (χ0n) is 16.2. The molecule has 0 saturated carbocycles. The van der Waals surface area contributed by atoms with Gasteiger partial charge in [0.05, 0.1) is 4.90 Å². The normalized spacial score (nSPS) is 11.6.